The highest BCUT2D eigenvalue weighted by Crippen LogP contribution is 2.45. The van der Waals surface area contributed by atoms with E-state index in [1.165, 1.54) is 21.5 Å². The summed E-state index contributed by atoms with van der Waals surface area (Å²) in [6, 6.07) is 75.6. The minimum Gasteiger partial charge on any atom is -0.455 e. The van der Waals surface area contributed by atoms with Crippen LogP contribution in [0.25, 0.3) is 98.8 Å². The van der Waals surface area contributed by atoms with E-state index >= 15 is 0 Å². The van der Waals surface area contributed by atoms with E-state index in [4.69, 9.17) is 8.83 Å². The molecule has 0 N–H and O–H groups in total. The second kappa shape index (κ2) is 13.4. The number of para-hydroxylation sites is 3. The molecule has 0 fully saturated rings. The van der Waals surface area contributed by atoms with Crippen molar-refractivity contribution in [3.63, 3.8) is 0 Å². The Morgan fingerprint density at radius 2 is 0.847 bits per heavy atom. The monoisotopic (exact) mass is 753 g/mol. The first-order valence-corrected chi connectivity index (χ1v) is 20.1. The highest BCUT2D eigenvalue weighted by molar-refractivity contribution is 6.15. The van der Waals surface area contributed by atoms with Crippen molar-refractivity contribution in [1.82, 2.24) is 0 Å². The Balaban J connectivity index is 1.01. The molecule has 12 aromatic rings. The number of rotatable bonds is 6. The van der Waals surface area contributed by atoms with Gasteiger partial charge in [-0.1, -0.05) is 170 Å². The van der Waals surface area contributed by atoms with Crippen LogP contribution in [0.5, 0.6) is 0 Å². The predicted molar refractivity (Wildman–Crippen MR) is 247 cm³/mol. The van der Waals surface area contributed by atoms with Crippen molar-refractivity contribution in [2.45, 2.75) is 0 Å². The fourth-order valence-electron chi connectivity index (χ4n) is 9.02. The molecule has 0 aliphatic carbocycles. The summed E-state index contributed by atoms with van der Waals surface area (Å²) in [7, 11) is 0. The van der Waals surface area contributed by atoms with Gasteiger partial charge in [0.05, 0.1) is 5.69 Å². The number of benzene rings is 10. The van der Waals surface area contributed by atoms with Crippen molar-refractivity contribution < 1.29 is 8.83 Å². The topological polar surface area (TPSA) is 29.5 Å². The zero-order valence-electron chi connectivity index (χ0n) is 32.0. The molecular weight excluding hydrogens is 719 g/mol. The van der Waals surface area contributed by atoms with Crippen LogP contribution in [0.15, 0.2) is 221 Å². The Bertz CT molecular complexity index is 3540. The molecule has 3 heteroatoms. The van der Waals surface area contributed by atoms with Crippen LogP contribution in [0.4, 0.5) is 17.1 Å². The number of hydrogen-bond donors (Lipinski definition) is 0. The molecule has 0 spiro atoms. The molecule has 59 heavy (non-hydrogen) atoms. The first kappa shape index (κ1) is 33.3. The first-order chi connectivity index (χ1) is 29.2. The molecule has 10 aromatic carbocycles. The molecule has 0 atom stereocenters. The highest BCUT2D eigenvalue weighted by atomic mass is 16.3. The fourth-order valence-corrected chi connectivity index (χ4v) is 9.02. The lowest BCUT2D eigenvalue weighted by atomic mass is 9.99. The summed E-state index contributed by atoms with van der Waals surface area (Å²) in [6.07, 6.45) is 0. The van der Waals surface area contributed by atoms with Crippen molar-refractivity contribution in [3.8, 4) is 33.4 Å². The Hall–Kier alpha value is -7.88. The van der Waals surface area contributed by atoms with Gasteiger partial charge in [-0.3, -0.25) is 0 Å². The largest absolute Gasteiger partial charge is 0.455 e. The van der Waals surface area contributed by atoms with E-state index in [-0.39, 0.29) is 0 Å². The Kier molecular flexibility index (Phi) is 7.54. The molecule has 0 saturated heterocycles. The lowest BCUT2D eigenvalue weighted by molar-refractivity contribution is 0.670. The van der Waals surface area contributed by atoms with Crippen LogP contribution in [0.2, 0.25) is 0 Å². The van der Waals surface area contributed by atoms with E-state index in [0.717, 1.165) is 94.3 Å². The Labute approximate surface area is 340 Å². The van der Waals surface area contributed by atoms with Crippen molar-refractivity contribution in [2.24, 2.45) is 0 Å². The summed E-state index contributed by atoms with van der Waals surface area (Å²) in [5.41, 5.74) is 13.3. The maximum absolute atomic E-state index is 6.99. The van der Waals surface area contributed by atoms with E-state index < -0.39 is 0 Å². The molecule has 0 radical (unpaired) electrons. The van der Waals surface area contributed by atoms with Crippen molar-refractivity contribution in [3.05, 3.63) is 212 Å². The van der Waals surface area contributed by atoms with Crippen LogP contribution >= 0.6 is 0 Å². The van der Waals surface area contributed by atoms with E-state index in [9.17, 15) is 0 Å². The molecule has 0 aliphatic heterocycles. The van der Waals surface area contributed by atoms with Gasteiger partial charge in [-0.15, -0.1) is 0 Å². The second-order valence-corrected chi connectivity index (χ2v) is 15.2. The molecule has 0 aliphatic rings. The van der Waals surface area contributed by atoms with Crippen LogP contribution in [-0.4, -0.2) is 0 Å². The van der Waals surface area contributed by atoms with Crippen LogP contribution in [0.3, 0.4) is 0 Å². The maximum atomic E-state index is 6.99. The van der Waals surface area contributed by atoms with Crippen LogP contribution in [0, 0.1) is 0 Å². The smallest absolute Gasteiger partial charge is 0.159 e. The lowest BCUT2D eigenvalue weighted by Crippen LogP contribution is -2.10. The standard InChI is InChI=1S/C56H35NO2/c1-3-12-37(13-4-1)46-18-10-21-50-51-35-40(28-33-53(51)58-54(46)50)36-26-29-42(30-27-36)57(43-31-32-45-41(34-43)25-24-39-16-7-8-17-44(39)45)52-23-11-22-49-48-20-9-19-47(55(48)59-56(49)52)38-14-5-2-6-15-38/h1-35H. The molecule has 0 amide bonds. The third kappa shape index (κ3) is 5.44. The van der Waals surface area contributed by atoms with Gasteiger partial charge in [0, 0.05) is 44.0 Å². The number of furan rings is 2. The summed E-state index contributed by atoms with van der Waals surface area (Å²) in [4.78, 5) is 2.34. The van der Waals surface area contributed by atoms with Crippen molar-refractivity contribution >= 4 is 82.5 Å². The summed E-state index contributed by atoms with van der Waals surface area (Å²) in [5, 5.41) is 9.30. The zero-order valence-corrected chi connectivity index (χ0v) is 32.0. The second-order valence-electron chi connectivity index (χ2n) is 15.2. The number of fused-ring (bicyclic) bond motifs is 9. The molecule has 276 valence electrons. The van der Waals surface area contributed by atoms with Crippen molar-refractivity contribution in [1.29, 1.82) is 0 Å². The van der Waals surface area contributed by atoms with Gasteiger partial charge in [0.1, 0.15) is 16.7 Å². The highest BCUT2D eigenvalue weighted by Gasteiger charge is 2.22. The molecule has 2 aromatic heterocycles. The van der Waals surface area contributed by atoms with Gasteiger partial charge in [0.15, 0.2) is 5.58 Å². The minimum absolute atomic E-state index is 0.848. The molecule has 0 bridgehead atoms. The van der Waals surface area contributed by atoms with Gasteiger partial charge in [-0.25, -0.2) is 0 Å². The summed E-state index contributed by atoms with van der Waals surface area (Å²) >= 11 is 0. The zero-order chi connectivity index (χ0) is 38.9. The fraction of sp³-hybridized carbons (Fsp3) is 0. The lowest BCUT2D eigenvalue weighted by Gasteiger charge is -2.26. The van der Waals surface area contributed by atoms with Gasteiger partial charge in [0.25, 0.3) is 0 Å². The summed E-state index contributed by atoms with van der Waals surface area (Å²) < 4.78 is 13.5. The summed E-state index contributed by atoms with van der Waals surface area (Å²) in [6.45, 7) is 0. The summed E-state index contributed by atoms with van der Waals surface area (Å²) in [5.74, 6) is 0. The molecule has 2 heterocycles. The van der Waals surface area contributed by atoms with E-state index in [2.05, 4.69) is 211 Å². The average molecular weight is 754 g/mol. The molecule has 3 nitrogen and oxygen atoms in total. The first-order valence-electron chi connectivity index (χ1n) is 20.1. The van der Waals surface area contributed by atoms with E-state index in [1.807, 2.05) is 6.07 Å². The molecule has 0 unspecified atom stereocenters. The number of hydrogen-bond acceptors (Lipinski definition) is 3. The SMILES string of the molecule is c1ccc(-c2cccc3c2oc2ccc(-c4ccc(N(c5ccc6c(ccc7ccccc76)c5)c5cccc6c5oc5c(-c7ccccc7)cccc56)cc4)cc23)cc1. The van der Waals surface area contributed by atoms with Crippen LogP contribution < -0.4 is 4.90 Å². The molecule has 12 rings (SSSR count). The third-order valence-electron chi connectivity index (χ3n) is 11.9. The maximum Gasteiger partial charge on any atom is 0.159 e. The van der Waals surface area contributed by atoms with Gasteiger partial charge in [-0.05, 0) is 86.3 Å². The van der Waals surface area contributed by atoms with Crippen LogP contribution in [-0.2, 0) is 0 Å². The van der Waals surface area contributed by atoms with Crippen molar-refractivity contribution in [2.75, 3.05) is 4.90 Å². The van der Waals surface area contributed by atoms with Gasteiger partial charge in [0.2, 0.25) is 0 Å². The molecular formula is C56H35NO2. The van der Waals surface area contributed by atoms with E-state index in [0.29, 0.717) is 0 Å². The molecule has 0 saturated carbocycles. The van der Waals surface area contributed by atoms with E-state index in [1.54, 1.807) is 0 Å². The Morgan fingerprint density at radius 3 is 1.59 bits per heavy atom. The number of anilines is 3. The third-order valence-corrected chi connectivity index (χ3v) is 11.9. The van der Waals surface area contributed by atoms with Gasteiger partial charge >= 0.3 is 0 Å². The Morgan fingerprint density at radius 1 is 0.288 bits per heavy atom. The van der Waals surface area contributed by atoms with Crippen LogP contribution in [0.1, 0.15) is 0 Å². The quantitative estimate of drug-likeness (QED) is 0.158. The number of nitrogens with zero attached hydrogens (tertiary/aromatic N) is 1. The van der Waals surface area contributed by atoms with Gasteiger partial charge < -0.3 is 13.7 Å². The van der Waals surface area contributed by atoms with Gasteiger partial charge in [-0.2, -0.15) is 0 Å². The normalized spacial score (nSPS) is 11.7. The average Bonchev–Trinajstić information content (AvgIpc) is 3.89. The minimum atomic E-state index is 0.848. The predicted octanol–water partition coefficient (Wildman–Crippen LogP) is 16.3.